The topological polar surface area (TPSA) is 79.3 Å². The first-order valence-corrected chi connectivity index (χ1v) is 11.9. The number of carbonyl (C=O) groups is 1. The maximum Gasteiger partial charge on any atom is 0.280 e. The predicted molar refractivity (Wildman–Crippen MR) is 129 cm³/mol. The van der Waals surface area contributed by atoms with Gasteiger partial charge in [-0.05, 0) is 43.7 Å². The number of rotatable bonds is 3. The van der Waals surface area contributed by atoms with Gasteiger partial charge in [0.15, 0.2) is 5.69 Å². The van der Waals surface area contributed by atoms with Crippen LogP contribution in [0, 0.1) is 18.2 Å². The highest BCUT2D eigenvalue weighted by Gasteiger charge is 2.47. The summed E-state index contributed by atoms with van der Waals surface area (Å²) in [5.41, 5.74) is 5.78. The lowest BCUT2D eigenvalue weighted by Gasteiger charge is -2.48. The van der Waals surface area contributed by atoms with E-state index in [0.717, 1.165) is 60.7 Å². The van der Waals surface area contributed by atoms with E-state index in [2.05, 4.69) is 20.0 Å². The van der Waals surface area contributed by atoms with Gasteiger partial charge in [0.05, 0.1) is 30.0 Å². The molecule has 9 heteroatoms. The van der Waals surface area contributed by atoms with Crippen LogP contribution in [0.25, 0.3) is 11.0 Å². The Bertz CT molecular complexity index is 1490. The smallest absolute Gasteiger partial charge is 0.280 e. The van der Waals surface area contributed by atoms with E-state index in [1.165, 1.54) is 0 Å². The predicted octanol–water partition coefficient (Wildman–Crippen LogP) is 3.72. The molecule has 0 radical (unpaired) electrons. The summed E-state index contributed by atoms with van der Waals surface area (Å²) in [6.45, 7) is 5.28. The van der Waals surface area contributed by atoms with Crippen LogP contribution in [0.5, 0.6) is 0 Å². The summed E-state index contributed by atoms with van der Waals surface area (Å²) in [6, 6.07) is 10.4. The molecule has 3 aliphatic heterocycles. The molecule has 0 aliphatic carbocycles. The number of aryl methyl sites for hydroxylation is 1. The minimum atomic E-state index is -0.609. The lowest BCUT2D eigenvalue weighted by Crippen LogP contribution is -2.57. The maximum absolute atomic E-state index is 15.8. The summed E-state index contributed by atoms with van der Waals surface area (Å²) < 4.78 is 23.1. The molecule has 1 spiro atoms. The van der Waals surface area contributed by atoms with E-state index in [4.69, 9.17) is 4.74 Å². The number of carbonyl (C=O) groups excluding carboxylic acids is 1. The van der Waals surface area contributed by atoms with Gasteiger partial charge in [-0.25, -0.2) is 9.37 Å². The van der Waals surface area contributed by atoms with Crippen LogP contribution in [-0.4, -0.2) is 52.0 Å². The number of amides is 1. The third-order valence-corrected chi connectivity index (χ3v) is 7.90. The normalized spacial score (nSPS) is 20.8. The van der Waals surface area contributed by atoms with E-state index in [-0.39, 0.29) is 17.1 Å². The summed E-state index contributed by atoms with van der Waals surface area (Å²) in [5, 5.41) is 4.48. The number of benzene rings is 2. The number of H-pyrrole nitrogens is 1. The fourth-order valence-corrected chi connectivity index (χ4v) is 5.88. The standard InChI is InChI=1S/C26H25FN6O2/c1-15-22-23(30-31(15)2)25(34)33(17-4-6-20-21(10-17)29-14-28-20)24(22)18-5-3-16(9-19(18)27)32-11-26(12-32)7-8-35-13-26/h3-6,9-10,14,24H,7-8,11-13H2,1-2H3,(H,28,29). The van der Waals surface area contributed by atoms with Gasteiger partial charge >= 0.3 is 0 Å². The van der Waals surface area contributed by atoms with Crippen molar-refractivity contribution in [3.63, 3.8) is 0 Å². The Morgan fingerprint density at radius 2 is 2.00 bits per heavy atom. The summed E-state index contributed by atoms with van der Waals surface area (Å²) in [5.74, 6) is -0.566. The van der Waals surface area contributed by atoms with Crippen molar-refractivity contribution in [2.24, 2.45) is 12.5 Å². The average molecular weight is 473 g/mol. The van der Waals surface area contributed by atoms with Crippen molar-refractivity contribution in [3.05, 3.63) is 71.1 Å². The third-order valence-electron chi connectivity index (χ3n) is 7.90. The molecule has 7 rings (SSSR count). The molecule has 1 unspecified atom stereocenters. The molecule has 4 aromatic rings. The Hall–Kier alpha value is -3.72. The molecule has 0 saturated carbocycles. The molecule has 1 atom stereocenters. The van der Waals surface area contributed by atoms with Crippen LogP contribution in [0.4, 0.5) is 15.8 Å². The SMILES string of the molecule is Cc1c2c(nn1C)C(=O)N(c1ccc3[nH]cnc3c1)C2c1ccc(N2CC3(CCOC3)C2)cc1F. The molecule has 1 N–H and O–H groups in total. The molecule has 3 aliphatic rings. The van der Waals surface area contributed by atoms with E-state index >= 15 is 4.39 Å². The zero-order valence-corrected chi connectivity index (χ0v) is 19.6. The number of anilines is 2. The fraction of sp³-hybridized carbons (Fsp3) is 0.346. The van der Waals surface area contributed by atoms with E-state index < -0.39 is 6.04 Å². The quantitative estimate of drug-likeness (QED) is 0.492. The number of fused-ring (bicyclic) bond motifs is 2. The Labute approximate surface area is 201 Å². The second kappa shape index (κ2) is 7.14. The van der Waals surface area contributed by atoms with Gasteiger partial charge in [-0.1, -0.05) is 6.07 Å². The lowest BCUT2D eigenvalue weighted by molar-refractivity contribution is 0.0988. The van der Waals surface area contributed by atoms with Crippen molar-refractivity contribution in [2.75, 3.05) is 36.1 Å². The number of hydrogen-bond acceptors (Lipinski definition) is 5. The minimum Gasteiger partial charge on any atom is -0.381 e. The average Bonchev–Trinajstić information content (AvgIpc) is 3.59. The third kappa shape index (κ3) is 2.91. The van der Waals surface area contributed by atoms with Crippen LogP contribution < -0.4 is 9.80 Å². The highest BCUT2D eigenvalue weighted by Crippen LogP contribution is 2.45. The Morgan fingerprint density at radius 1 is 1.17 bits per heavy atom. The Balaban J connectivity index is 1.30. The van der Waals surface area contributed by atoms with Gasteiger partial charge in [0.2, 0.25) is 0 Å². The Morgan fingerprint density at radius 3 is 2.77 bits per heavy atom. The first kappa shape index (κ1) is 20.6. The van der Waals surface area contributed by atoms with Crippen LogP contribution in [0.1, 0.15) is 39.8 Å². The molecule has 8 nitrogen and oxygen atoms in total. The van der Waals surface area contributed by atoms with E-state index in [9.17, 15) is 4.79 Å². The fourth-order valence-electron chi connectivity index (χ4n) is 5.88. The molecular weight excluding hydrogens is 447 g/mol. The van der Waals surface area contributed by atoms with Gasteiger partial charge in [-0.3, -0.25) is 14.4 Å². The van der Waals surface area contributed by atoms with E-state index in [1.807, 2.05) is 44.3 Å². The van der Waals surface area contributed by atoms with Gasteiger partial charge < -0.3 is 14.6 Å². The molecule has 178 valence electrons. The Kier molecular flexibility index (Phi) is 4.21. The van der Waals surface area contributed by atoms with Gasteiger partial charge in [-0.15, -0.1) is 0 Å². The number of aromatic amines is 1. The van der Waals surface area contributed by atoms with Crippen LogP contribution >= 0.6 is 0 Å². The summed E-state index contributed by atoms with van der Waals surface area (Å²) in [6.07, 6.45) is 2.68. The number of halogens is 1. The molecule has 2 fully saturated rings. The largest absolute Gasteiger partial charge is 0.381 e. The number of imidazole rings is 1. The van der Waals surface area contributed by atoms with Crippen LogP contribution in [0.15, 0.2) is 42.7 Å². The first-order chi connectivity index (χ1) is 16.9. The second-order valence-corrected chi connectivity index (χ2v) is 10.0. The number of nitrogens with one attached hydrogen (secondary N) is 1. The maximum atomic E-state index is 15.8. The van der Waals surface area contributed by atoms with Crippen molar-refractivity contribution in [1.82, 2.24) is 19.7 Å². The first-order valence-electron chi connectivity index (χ1n) is 11.9. The van der Waals surface area contributed by atoms with Crippen molar-refractivity contribution in [3.8, 4) is 0 Å². The van der Waals surface area contributed by atoms with Crippen molar-refractivity contribution in [2.45, 2.75) is 19.4 Å². The molecule has 5 heterocycles. The van der Waals surface area contributed by atoms with Crippen LogP contribution in [0.3, 0.4) is 0 Å². The van der Waals surface area contributed by atoms with E-state index in [1.54, 1.807) is 22.0 Å². The van der Waals surface area contributed by atoms with Crippen molar-refractivity contribution < 1.29 is 13.9 Å². The van der Waals surface area contributed by atoms with Gasteiger partial charge in [0.25, 0.3) is 5.91 Å². The minimum absolute atomic E-state index is 0.219. The molecule has 0 bridgehead atoms. The molecule has 1 amide bonds. The number of nitrogens with zero attached hydrogens (tertiary/aromatic N) is 5. The van der Waals surface area contributed by atoms with Gasteiger partial charge in [0, 0.05) is 60.4 Å². The highest BCUT2D eigenvalue weighted by molar-refractivity contribution is 6.11. The van der Waals surface area contributed by atoms with Crippen molar-refractivity contribution in [1.29, 1.82) is 0 Å². The number of hydrogen-bond donors (Lipinski definition) is 1. The monoisotopic (exact) mass is 472 g/mol. The van der Waals surface area contributed by atoms with Crippen LogP contribution in [0.2, 0.25) is 0 Å². The molecule has 2 aromatic carbocycles. The number of aromatic nitrogens is 4. The van der Waals surface area contributed by atoms with Crippen molar-refractivity contribution >= 4 is 28.3 Å². The van der Waals surface area contributed by atoms with E-state index in [0.29, 0.717) is 16.9 Å². The van der Waals surface area contributed by atoms with Gasteiger partial charge in [0.1, 0.15) is 5.82 Å². The molecule has 2 aromatic heterocycles. The highest BCUT2D eigenvalue weighted by atomic mass is 19.1. The van der Waals surface area contributed by atoms with Crippen LogP contribution in [-0.2, 0) is 11.8 Å². The second-order valence-electron chi connectivity index (χ2n) is 10.0. The molecule has 35 heavy (non-hydrogen) atoms. The molecule has 2 saturated heterocycles. The summed E-state index contributed by atoms with van der Waals surface area (Å²) in [4.78, 5) is 24.8. The zero-order valence-electron chi connectivity index (χ0n) is 19.6. The zero-order chi connectivity index (χ0) is 23.9. The lowest BCUT2D eigenvalue weighted by atomic mass is 9.79. The van der Waals surface area contributed by atoms with Gasteiger partial charge in [-0.2, -0.15) is 5.10 Å². The molecular formula is C26H25FN6O2. The summed E-state index contributed by atoms with van der Waals surface area (Å²) >= 11 is 0. The number of ether oxygens (including phenoxy) is 1. The summed E-state index contributed by atoms with van der Waals surface area (Å²) in [7, 11) is 1.81.